The maximum absolute atomic E-state index is 4.31. The molecule has 0 saturated carbocycles. The summed E-state index contributed by atoms with van der Waals surface area (Å²) in [5.74, 6) is 0.908. The van der Waals surface area contributed by atoms with Gasteiger partial charge in [-0.05, 0) is 56.4 Å². The highest BCUT2D eigenvalue weighted by Crippen LogP contribution is 2.15. The number of hydrogen-bond donors (Lipinski definition) is 2. The standard InChI is InChI=1S/C21H35N5/c1-4-25(5-2)16-9-8-14-23-21(22-3)24-15-10-17-26-18-13-19-11-6-7-12-20(19)26/h6-7,11-13,18H,4-5,8-10,14-17H2,1-3H3,(H2,22,23,24). The van der Waals surface area contributed by atoms with Gasteiger partial charge in [0.05, 0.1) is 0 Å². The van der Waals surface area contributed by atoms with Crippen molar-refractivity contribution in [2.75, 3.05) is 39.8 Å². The molecule has 0 bridgehead atoms. The summed E-state index contributed by atoms with van der Waals surface area (Å²) in [5.41, 5.74) is 1.31. The van der Waals surface area contributed by atoms with Crippen molar-refractivity contribution in [1.82, 2.24) is 20.1 Å². The highest BCUT2D eigenvalue weighted by Gasteiger charge is 2.01. The molecule has 0 aliphatic rings. The van der Waals surface area contributed by atoms with E-state index in [1.807, 2.05) is 7.05 Å². The Morgan fingerprint density at radius 3 is 2.46 bits per heavy atom. The lowest BCUT2D eigenvalue weighted by atomic mass is 10.2. The number of nitrogens with one attached hydrogen (secondary N) is 2. The Kier molecular flexibility index (Phi) is 9.04. The molecule has 1 aromatic heterocycles. The van der Waals surface area contributed by atoms with E-state index in [9.17, 15) is 0 Å². The van der Waals surface area contributed by atoms with E-state index in [0.717, 1.165) is 45.1 Å². The Balaban J connectivity index is 1.60. The average Bonchev–Trinajstić information content (AvgIpc) is 3.09. The smallest absolute Gasteiger partial charge is 0.190 e. The first-order valence-corrected chi connectivity index (χ1v) is 9.99. The van der Waals surface area contributed by atoms with E-state index in [4.69, 9.17) is 0 Å². The van der Waals surface area contributed by atoms with E-state index < -0.39 is 0 Å². The van der Waals surface area contributed by atoms with Crippen molar-refractivity contribution in [1.29, 1.82) is 0 Å². The first-order valence-electron chi connectivity index (χ1n) is 9.99. The molecule has 26 heavy (non-hydrogen) atoms. The van der Waals surface area contributed by atoms with Gasteiger partial charge in [0, 0.05) is 38.4 Å². The first-order chi connectivity index (χ1) is 12.8. The summed E-state index contributed by atoms with van der Waals surface area (Å²) in [6.45, 7) is 10.8. The van der Waals surface area contributed by atoms with E-state index in [1.54, 1.807) is 0 Å². The summed E-state index contributed by atoms with van der Waals surface area (Å²) in [6.07, 6.45) is 5.65. The fraction of sp³-hybridized carbons (Fsp3) is 0.571. The Morgan fingerprint density at radius 2 is 1.73 bits per heavy atom. The van der Waals surface area contributed by atoms with Crippen LogP contribution in [0.3, 0.4) is 0 Å². The number of hydrogen-bond acceptors (Lipinski definition) is 2. The molecular weight excluding hydrogens is 322 g/mol. The molecule has 1 aromatic carbocycles. The Labute approximate surface area is 158 Å². The number of rotatable bonds is 11. The van der Waals surface area contributed by atoms with Crippen molar-refractivity contribution in [3.8, 4) is 0 Å². The highest BCUT2D eigenvalue weighted by molar-refractivity contribution is 5.80. The molecule has 0 unspecified atom stereocenters. The Hall–Kier alpha value is -2.01. The molecule has 0 amide bonds. The van der Waals surface area contributed by atoms with Crippen LogP contribution in [0.1, 0.15) is 33.1 Å². The van der Waals surface area contributed by atoms with E-state index in [2.05, 4.69) is 75.5 Å². The summed E-state index contributed by atoms with van der Waals surface area (Å²) >= 11 is 0. The third kappa shape index (κ3) is 6.37. The van der Waals surface area contributed by atoms with Crippen LogP contribution in [0.5, 0.6) is 0 Å². The van der Waals surface area contributed by atoms with Gasteiger partial charge in [-0.1, -0.05) is 32.0 Å². The lowest BCUT2D eigenvalue weighted by molar-refractivity contribution is 0.297. The molecule has 2 rings (SSSR count). The molecule has 0 spiro atoms. The van der Waals surface area contributed by atoms with Crippen molar-refractivity contribution in [2.45, 2.75) is 39.7 Å². The maximum atomic E-state index is 4.31. The molecule has 0 fully saturated rings. The molecule has 0 saturated heterocycles. The quantitative estimate of drug-likeness (QED) is 0.368. The highest BCUT2D eigenvalue weighted by atomic mass is 15.2. The van der Waals surface area contributed by atoms with Gasteiger partial charge in [-0.2, -0.15) is 0 Å². The Bertz CT molecular complexity index is 657. The number of benzene rings is 1. The van der Waals surface area contributed by atoms with Crippen LogP contribution in [0.15, 0.2) is 41.5 Å². The van der Waals surface area contributed by atoms with Crippen molar-refractivity contribution in [3.05, 3.63) is 36.5 Å². The third-order valence-corrected chi connectivity index (χ3v) is 4.86. The van der Waals surface area contributed by atoms with E-state index in [-0.39, 0.29) is 0 Å². The van der Waals surface area contributed by atoms with Crippen LogP contribution in [0.2, 0.25) is 0 Å². The lowest BCUT2D eigenvalue weighted by Gasteiger charge is -2.18. The minimum atomic E-state index is 0.908. The summed E-state index contributed by atoms with van der Waals surface area (Å²) in [4.78, 5) is 6.79. The largest absolute Gasteiger partial charge is 0.356 e. The van der Waals surface area contributed by atoms with Crippen LogP contribution >= 0.6 is 0 Å². The number of fused-ring (bicyclic) bond motifs is 1. The van der Waals surface area contributed by atoms with Gasteiger partial charge in [-0.25, -0.2) is 0 Å². The van der Waals surface area contributed by atoms with Crippen LogP contribution in [0.4, 0.5) is 0 Å². The van der Waals surface area contributed by atoms with Crippen molar-refractivity contribution in [2.24, 2.45) is 4.99 Å². The van der Waals surface area contributed by atoms with Crippen molar-refractivity contribution >= 4 is 16.9 Å². The molecular formula is C21H35N5. The van der Waals surface area contributed by atoms with Crippen LogP contribution in [-0.2, 0) is 6.54 Å². The zero-order chi connectivity index (χ0) is 18.6. The molecule has 144 valence electrons. The zero-order valence-corrected chi connectivity index (χ0v) is 16.7. The molecule has 2 aromatic rings. The number of guanidine groups is 1. The average molecular weight is 358 g/mol. The third-order valence-electron chi connectivity index (χ3n) is 4.86. The molecule has 0 aliphatic carbocycles. The van der Waals surface area contributed by atoms with Gasteiger partial charge in [-0.15, -0.1) is 0 Å². The van der Waals surface area contributed by atoms with Gasteiger partial charge in [-0.3, -0.25) is 4.99 Å². The summed E-state index contributed by atoms with van der Waals surface area (Å²) < 4.78 is 2.32. The first kappa shape index (κ1) is 20.3. The molecule has 2 N–H and O–H groups in total. The van der Waals surface area contributed by atoms with Gasteiger partial charge in [0.25, 0.3) is 0 Å². The molecule has 0 radical (unpaired) electrons. The van der Waals surface area contributed by atoms with Crippen molar-refractivity contribution in [3.63, 3.8) is 0 Å². The van der Waals surface area contributed by atoms with Crippen LogP contribution in [0.25, 0.3) is 10.9 Å². The second-order valence-corrected chi connectivity index (χ2v) is 6.58. The predicted octanol–water partition coefficient (Wildman–Crippen LogP) is 3.32. The van der Waals surface area contributed by atoms with Crippen molar-refractivity contribution < 1.29 is 0 Å². The number of aromatic nitrogens is 1. The van der Waals surface area contributed by atoms with Crippen LogP contribution < -0.4 is 10.6 Å². The fourth-order valence-corrected chi connectivity index (χ4v) is 3.22. The maximum Gasteiger partial charge on any atom is 0.190 e. The lowest BCUT2D eigenvalue weighted by Crippen LogP contribution is -2.38. The van der Waals surface area contributed by atoms with E-state index in [0.29, 0.717) is 0 Å². The summed E-state index contributed by atoms with van der Waals surface area (Å²) in [6, 6.07) is 10.7. The van der Waals surface area contributed by atoms with Gasteiger partial charge < -0.3 is 20.1 Å². The summed E-state index contributed by atoms with van der Waals surface area (Å²) in [7, 11) is 1.84. The second-order valence-electron chi connectivity index (χ2n) is 6.58. The van der Waals surface area contributed by atoms with Gasteiger partial charge in [0.2, 0.25) is 0 Å². The van der Waals surface area contributed by atoms with Gasteiger partial charge in [0.15, 0.2) is 5.96 Å². The molecule has 5 heteroatoms. The van der Waals surface area contributed by atoms with Gasteiger partial charge in [0.1, 0.15) is 0 Å². The number of unbranched alkanes of at least 4 members (excludes halogenated alkanes) is 1. The van der Waals surface area contributed by atoms with Gasteiger partial charge >= 0.3 is 0 Å². The second kappa shape index (κ2) is 11.6. The van der Waals surface area contributed by atoms with E-state index in [1.165, 1.54) is 30.3 Å². The monoisotopic (exact) mass is 357 g/mol. The predicted molar refractivity (Wildman–Crippen MR) is 113 cm³/mol. The molecule has 1 heterocycles. The Morgan fingerprint density at radius 1 is 1.00 bits per heavy atom. The minimum Gasteiger partial charge on any atom is -0.356 e. The number of aliphatic imine (C=N–C) groups is 1. The molecule has 0 atom stereocenters. The summed E-state index contributed by atoms with van der Waals surface area (Å²) in [5, 5.41) is 8.14. The zero-order valence-electron chi connectivity index (χ0n) is 16.7. The number of nitrogens with zero attached hydrogens (tertiary/aromatic N) is 3. The number of aryl methyl sites for hydroxylation is 1. The topological polar surface area (TPSA) is 44.6 Å². The van der Waals surface area contributed by atoms with Crippen LogP contribution in [0, 0.1) is 0 Å². The van der Waals surface area contributed by atoms with E-state index >= 15 is 0 Å². The number of para-hydroxylation sites is 1. The normalized spacial score (nSPS) is 12.1. The van der Waals surface area contributed by atoms with Crippen LogP contribution in [-0.4, -0.2) is 55.2 Å². The minimum absolute atomic E-state index is 0.908. The molecule has 5 nitrogen and oxygen atoms in total. The SMILES string of the molecule is CCN(CC)CCCCNC(=NC)NCCCn1ccc2ccccc21. The molecule has 0 aliphatic heterocycles. The fourth-order valence-electron chi connectivity index (χ4n) is 3.22.